The van der Waals surface area contributed by atoms with Crippen LogP contribution in [0.2, 0.25) is 0 Å². The number of thiocarbonyl (C=S) groups is 1. The maximum absolute atomic E-state index is 5.68. The third kappa shape index (κ3) is 2.60. The minimum Gasteiger partial charge on any atom is -0.438 e. The number of ether oxygens (including phenoxy) is 1. The monoisotopic (exact) mass is 244 g/mol. The van der Waals surface area contributed by atoms with E-state index in [1.165, 1.54) is 0 Å². The second-order valence-electron chi connectivity index (χ2n) is 3.59. The second-order valence-corrected chi connectivity index (χ2v) is 4.03. The van der Waals surface area contributed by atoms with Crippen molar-refractivity contribution in [2.45, 2.75) is 6.92 Å². The van der Waals surface area contributed by atoms with Gasteiger partial charge in [0.2, 0.25) is 5.88 Å². The van der Waals surface area contributed by atoms with Crippen molar-refractivity contribution in [3.8, 4) is 11.6 Å². The zero-order chi connectivity index (χ0) is 12.3. The summed E-state index contributed by atoms with van der Waals surface area (Å²) in [5, 5.41) is 0. The Morgan fingerprint density at radius 1 is 1.24 bits per heavy atom. The Morgan fingerprint density at radius 2 is 1.94 bits per heavy atom. The third-order valence-corrected chi connectivity index (χ3v) is 2.53. The van der Waals surface area contributed by atoms with Gasteiger partial charge in [-0.25, -0.2) is 4.98 Å². The molecular formula is C13H12N2OS. The summed E-state index contributed by atoms with van der Waals surface area (Å²) in [6.07, 6.45) is 1.68. The van der Waals surface area contributed by atoms with Crippen LogP contribution in [0.5, 0.6) is 11.6 Å². The third-order valence-electron chi connectivity index (χ3n) is 2.33. The number of para-hydroxylation sites is 1. The van der Waals surface area contributed by atoms with Crippen LogP contribution in [-0.4, -0.2) is 9.97 Å². The molecule has 0 aliphatic rings. The lowest BCUT2D eigenvalue weighted by Gasteiger charge is -2.10. The Balaban J connectivity index is 2.40. The lowest BCUT2D eigenvalue weighted by Crippen LogP contribution is -2.13. The molecule has 0 saturated carbocycles. The average molecular weight is 244 g/mol. The van der Waals surface area contributed by atoms with Crippen LogP contribution >= 0.6 is 12.2 Å². The highest BCUT2D eigenvalue weighted by Gasteiger charge is 2.11. The van der Waals surface area contributed by atoms with Crippen LogP contribution < -0.4 is 10.5 Å². The molecule has 4 heteroatoms. The number of pyridine rings is 1. The summed E-state index contributed by atoms with van der Waals surface area (Å²) in [5.41, 5.74) is 7.32. The van der Waals surface area contributed by atoms with Crippen LogP contribution in [0.1, 0.15) is 11.1 Å². The molecule has 0 bridgehead atoms. The van der Waals surface area contributed by atoms with Gasteiger partial charge in [-0.1, -0.05) is 30.4 Å². The molecule has 1 aromatic carbocycles. The number of nitrogens with zero attached hydrogens (tertiary/aromatic N) is 1. The Hall–Kier alpha value is -1.94. The molecule has 1 aromatic heterocycles. The van der Waals surface area contributed by atoms with Gasteiger partial charge >= 0.3 is 0 Å². The van der Waals surface area contributed by atoms with Gasteiger partial charge in [-0.3, -0.25) is 0 Å². The molecule has 17 heavy (non-hydrogen) atoms. The summed E-state index contributed by atoms with van der Waals surface area (Å²) < 4.78 is 5.67. The SMILES string of the molecule is Cc1ccnc(Oc2ccccc2)c1C(N)=S. The van der Waals surface area contributed by atoms with Crippen LogP contribution in [0.3, 0.4) is 0 Å². The first-order valence-corrected chi connectivity index (χ1v) is 5.57. The van der Waals surface area contributed by atoms with Crippen molar-refractivity contribution in [3.05, 3.63) is 53.7 Å². The molecular weight excluding hydrogens is 232 g/mol. The van der Waals surface area contributed by atoms with Gasteiger partial charge in [-0.2, -0.15) is 0 Å². The Morgan fingerprint density at radius 3 is 2.59 bits per heavy atom. The van der Waals surface area contributed by atoms with E-state index in [2.05, 4.69) is 4.98 Å². The average Bonchev–Trinajstić information content (AvgIpc) is 2.30. The molecule has 0 spiro atoms. The molecule has 3 nitrogen and oxygen atoms in total. The molecule has 86 valence electrons. The van der Waals surface area contributed by atoms with Gasteiger partial charge in [-0.05, 0) is 30.7 Å². The number of hydrogen-bond donors (Lipinski definition) is 1. The first-order valence-electron chi connectivity index (χ1n) is 5.17. The zero-order valence-electron chi connectivity index (χ0n) is 9.38. The van der Waals surface area contributed by atoms with Crippen LogP contribution in [0, 0.1) is 6.92 Å². The topological polar surface area (TPSA) is 48.1 Å². The van der Waals surface area contributed by atoms with Crippen molar-refractivity contribution in [3.63, 3.8) is 0 Å². The predicted octanol–water partition coefficient (Wildman–Crippen LogP) is 2.82. The van der Waals surface area contributed by atoms with E-state index in [0.717, 1.165) is 5.56 Å². The number of benzene rings is 1. The first kappa shape index (κ1) is 11.5. The van der Waals surface area contributed by atoms with E-state index < -0.39 is 0 Å². The molecule has 0 saturated heterocycles. The lowest BCUT2D eigenvalue weighted by atomic mass is 10.1. The number of nitrogens with two attached hydrogens (primary N) is 1. The van der Waals surface area contributed by atoms with Gasteiger partial charge in [0.1, 0.15) is 10.7 Å². The van der Waals surface area contributed by atoms with Crippen LogP contribution in [-0.2, 0) is 0 Å². The van der Waals surface area contributed by atoms with E-state index in [1.54, 1.807) is 6.20 Å². The van der Waals surface area contributed by atoms with Crippen LogP contribution in [0.25, 0.3) is 0 Å². The summed E-state index contributed by atoms with van der Waals surface area (Å²) in [6, 6.07) is 11.3. The lowest BCUT2D eigenvalue weighted by molar-refractivity contribution is 0.461. The molecule has 0 aliphatic heterocycles. The maximum atomic E-state index is 5.68. The minimum absolute atomic E-state index is 0.293. The van der Waals surface area contributed by atoms with Gasteiger partial charge in [-0.15, -0.1) is 0 Å². The van der Waals surface area contributed by atoms with E-state index in [4.69, 9.17) is 22.7 Å². The molecule has 0 atom stereocenters. The predicted molar refractivity (Wildman–Crippen MR) is 71.4 cm³/mol. The van der Waals surface area contributed by atoms with E-state index >= 15 is 0 Å². The maximum Gasteiger partial charge on any atom is 0.229 e. The first-order chi connectivity index (χ1) is 8.18. The zero-order valence-corrected chi connectivity index (χ0v) is 10.2. The summed E-state index contributed by atoms with van der Waals surface area (Å²) in [7, 11) is 0. The summed E-state index contributed by atoms with van der Waals surface area (Å²) >= 11 is 5.01. The van der Waals surface area contributed by atoms with Crippen LogP contribution in [0.15, 0.2) is 42.6 Å². The largest absolute Gasteiger partial charge is 0.438 e. The van der Waals surface area contributed by atoms with Crippen LogP contribution in [0.4, 0.5) is 0 Å². The van der Waals surface area contributed by atoms with Gasteiger partial charge < -0.3 is 10.5 Å². The van der Waals surface area contributed by atoms with Gasteiger partial charge in [0.05, 0.1) is 5.56 Å². The summed E-state index contributed by atoms with van der Waals surface area (Å²) in [5.74, 6) is 1.16. The van der Waals surface area contributed by atoms with Crippen molar-refractivity contribution >= 4 is 17.2 Å². The Bertz CT molecular complexity index is 540. The second kappa shape index (κ2) is 4.93. The fourth-order valence-electron chi connectivity index (χ4n) is 1.51. The summed E-state index contributed by atoms with van der Waals surface area (Å²) in [4.78, 5) is 4.46. The summed E-state index contributed by atoms with van der Waals surface area (Å²) in [6.45, 7) is 1.92. The molecule has 0 fully saturated rings. The highest BCUT2D eigenvalue weighted by Crippen LogP contribution is 2.24. The molecule has 2 rings (SSSR count). The normalized spacial score (nSPS) is 9.94. The highest BCUT2D eigenvalue weighted by molar-refractivity contribution is 7.80. The Kier molecular flexibility index (Phi) is 3.35. The van der Waals surface area contributed by atoms with E-state index in [9.17, 15) is 0 Å². The van der Waals surface area contributed by atoms with Gasteiger partial charge in [0.15, 0.2) is 0 Å². The van der Waals surface area contributed by atoms with Gasteiger partial charge in [0.25, 0.3) is 0 Å². The molecule has 0 amide bonds. The smallest absolute Gasteiger partial charge is 0.229 e. The van der Waals surface area contributed by atoms with Crippen molar-refractivity contribution in [2.75, 3.05) is 0 Å². The van der Waals surface area contributed by atoms with E-state index in [0.29, 0.717) is 22.2 Å². The van der Waals surface area contributed by atoms with Gasteiger partial charge in [0, 0.05) is 6.20 Å². The van der Waals surface area contributed by atoms with Crippen molar-refractivity contribution < 1.29 is 4.74 Å². The van der Waals surface area contributed by atoms with E-state index in [1.807, 2.05) is 43.3 Å². The molecule has 0 unspecified atom stereocenters. The molecule has 2 aromatic rings. The highest BCUT2D eigenvalue weighted by atomic mass is 32.1. The number of rotatable bonds is 3. The minimum atomic E-state index is 0.293. The van der Waals surface area contributed by atoms with E-state index in [-0.39, 0.29) is 0 Å². The molecule has 2 N–H and O–H groups in total. The molecule has 0 aliphatic carbocycles. The van der Waals surface area contributed by atoms with Crippen molar-refractivity contribution in [1.29, 1.82) is 0 Å². The quantitative estimate of drug-likeness (QED) is 0.843. The fraction of sp³-hybridized carbons (Fsp3) is 0.0769. The number of aryl methyl sites for hydroxylation is 1. The Labute approximate surface area is 105 Å². The van der Waals surface area contributed by atoms with Crippen molar-refractivity contribution in [1.82, 2.24) is 4.98 Å². The standard InChI is InChI=1S/C13H12N2OS/c1-9-7-8-15-13(11(9)12(14)17)16-10-5-3-2-4-6-10/h2-8H,1H3,(H2,14,17). The molecule has 1 heterocycles. The van der Waals surface area contributed by atoms with Crippen molar-refractivity contribution in [2.24, 2.45) is 5.73 Å². The number of aromatic nitrogens is 1. The fourth-order valence-corrected chi connectivity index (χ4v) is 1.76. The number of hydrogen-bond acceptors (Lipinski definition) is 3. The molecule has 0 radical (unpaired) electrons.